The van der Waals surface area contributed by atoms with Crippen LogP contribution in [0.25, 0.3) is 0 Å². The number of nitrogens with two attached hydrogens (primary N) is 1. The maximum atomic E-state index is 6.39. The van der Waals surface area contributed by atoms with E-state index >= 15 is 0 Å². The maximum Gasteiger partial charge on any atom is 0.122 e. The normalized spacial score (nSPS) is 23.1. The second-order valence-corrected chi connectivity index (χ2v) is 6.10. The highest BCUT2D eigenvalue weighted by atomic mass is 16.5. The van der Waals surface area contributed by atoms with Crippen molar-refractivity contribution in [3.05, 3.63) is 23.7 Å². The molecule has 0 amide bonds. The molecule has 3 unspecified atom stereocenters. The molecule has 4 nitrogen and oxygen atoms in total. The number of hydrogen-bond acceptors (Lipinski definition) is 4. The second-order valence-electron chi connectivity index (χ2n) is 6.10. The molecule has 1 aromatic heterocycles. The summed E-state index contributed by atoms with van der Waals surface area (Å²) in [5.41, 5.74) is 6.39. The molecule has 120 valence electrons. The Morgan fingerprint density at radius 2 is 2.24 bits per heavy atom. The third kappa shape index (κ3) is 4.31. The van der Waals surface area contributed by atoms with Crippen molar-refractivity contribution in [1.29, 1.82) is 0 Å². The summed E-state index contributed by atoms with van der Waals surface area (Å²) in [7, 11) is 0. The van der Waals surface area contributed by atoms with Gasteiger partial charge in [-0.3, -0.25) is 4.90 Å². The molecule has 1 saturated heterocycles. The first-order chi connectivity index (χ1) is 10.2. The largest absolute Gasteiger partial charge is 0.465 e. The first-order valence-electron chi connectivity index (χ1n) is 8.33. The van der Waals surface area contributed by atoms with Gasteiger partial charge in [-0.25, -0.2) is 0 Å². The molecule has 21 heavy (non-hydrogen) atoms. The Morgan fingerprint density at radius 1 is 1.43 bits per heavy atom. The van der Waals surface area contributed by atoms with Gasteiger partial charge in [0.25, 0.3) is 0 Å². The quantitative estimate of drug-likeness (QED) is 0.838. The van der Waals surface area contributed by atoms with E-state index in [1.165, 1.54) is 6.42 Å². The molecule has 0 aromatic carbocycles. The lowest BCUT2D eigenvalue weighted by atomic mass is 9.98. The standard InChI is InChI=1S/C17H30N2O2/c1-4-11-20-14-7-6-10-19(12-14)17(15(18)5-2)16-9-8-13(3)21-16/h8-9,14-15,17H,4-7,10-12,18H2,1-3H3. The smallest absolute Gasteiger partial charge is 0.122 e. The van der Waals surface area contributed by atoms with E-state index in [-0.39, 0.29) is 12.1 Å². The highest BCUT2D eigenvalue weighted by Gasteiger charge is 2.32. The fourth-order valence-electron chi connectivity index (χ4n) is 3.14. The summed E-state index contributed by atoms with van der Waals surface area (Å²) in [4.78, 5) is 2.45. The molecule has 2 rings (SSSR count). The molecule has 1 aliphatic heterocycles. The van der Waals surface area contributed by atoms with Gasteiger partial charge < -0.3 is 14.9 Å². The minimum absolute atomic E-state index is 0.0977. The number of aryl methyl sites for hydroxylation is 1. The Balaban J connectivity index is 2.09. The summed E-state index contributed by atoms with van der Waals surface area (Å²) >= 11 is 0. The number of nitrogens with zero attached hydrogens (tertiary/aromatic N) is 1. The Hall–Kier alpha value is -0.840. The lowest BCUT2D eigenvalue weighted by molar-refractivity contribution is -0.0195. The van der Waals surface area contributed by atoms with Crippen LogP contribution in [0.2, 0.25) is 0 Å². The van der Waals surface area contributed by atoms with E-state index in [1.807, 2.05) is 13.0 Å². The Morgan fingerprint density at radius 3 is 2.86 bits per heavy atom. The molecular formula is C17H30N2O2. The van der Waals surface area contributed by atoms with Crippen molar-refractivity contribution in [3.8, 4) is 0 Å². The van der Waals surface area contributed by atoms with Crippen molar-refractivity contribution in [1.82, 2.24) is 4.90 Å². The number of rotatable bonds is 7. The molecule has 0 spiro atoms. The van der Waals surface area contributed by atoms with Crippen LogP contribution in [0.1, 0.15) is 57.1 Å². The van der Waals surface area contributed by atoms with E-state index < -0.39 is 0 Å². The zero-order valence-electron chi connectivity index (χ0n) is 13.7. The van der Waals surface area contributed by atoms with Gasteiger partial charge in [0.1, 0.15) is 11.5 Å². The zero-order valence-corrected chi connectivity index (χ0v) is 13.7. The summed E-state index contributed by atoms with van der Waals surface area (Å²) in [6.07, 6.45) is 4.68. The Bertz CT molecular complexity index is 419. The van der Waals surface area contributed by atoms with Crippen molar-refractivity contribution < 1.29 is 9.15 Å². The molecule has 3 atom stereocenters. The Kier molecular flexibility index (Phi) is 6.27. The molecule has 2 heterocycles. The summed E-state index contributed by atoms with van der Waals surface area (Å²) < 4.78 is 11.8. The number of piperidine rings is 1. The molecular weight excluding hydrogens is 264 g/mol. The number of furan rings is 1. The van der Waals surface area contributed by atoms with Gasteiger partial charge >= 0.3 is 0 Å². The van der Waals surface area contributed by atoms with Crippen LogP contribution in [0.4, 0.5) is 0 Å². The molecule has 1 aromatic rings. The van der Waals surface area contributed by atoms with Crippen LogP contribution >= 0.6 is 0 Å². The van der Waals surface area contributed by atoms with Crippen molar-refractivity contribution in [2.24, 2.45) is 5.73 Å². The molecule has 0 bridgehead atoms. The number of ether oxygens (including phenoxy) is 1. The van der Waals surface area contributed by atoms with Crippen LogP contribution in [-0.2, 0) is 4.74 Å². The SMILES string of the molecule is CCCOC1CCCN(C(c2ccc(C)o2)C(N)CC)C1. The Labute approximate surface area is 128 Å². The number of likely N-dealkylation sites (tertiary alicyclic amines) is 1. The van der Waals surface area contributed by atoms with E-state index in [4.69, 9.17) is 14.9 Å². The van der Waals surface area contributed by atoms with Crippen molar-refractivity contribution in [3.63, 3.8) is 0 Å². The van der Waals surface area contributed by atoms with Crippen LogP contribution < -0.4 is 5.73 Å². The molecule has 1 fully saturated rings. The first-order valence-corrected chi connectivity index (χ1v) is 8.33. The fourth-order valence-corrected chi connectivity index (χ4v) is 3.14. The van der Waals surface area contributed by atoms with Crippen LogP contribution in [-0.4, -0.2) is 36.7 Å². The summed E-state index contributed by atoms with van der Waals surface area (Å²) in [5, 5.41) is 0. The molecule has 2 N–H and O–H groups in total. The minimum atomic E-state index is 0.0977. The zero-order chi connectivity index (χ0) is 15.2. The average molecular weight is 294 g/mol. The van der Waals surface area contributed by atoms with Crippen LogP contribution in [0, 0.1) is 6.92 Å². The second kappa shape index (κ2) is 7.97. The van der Waals surface area contributed by atoms with E-state index in [9.17, 15) is 0 Å². The van der Waals surface area contributed by atoms with Gasteiger partial charge in [0.05, 0.1) is 12.1 Å². The highest BCUT2D eigenvalue weighted by molar-refractivity contribution is 5.12. The number of hydrogen-bond donors (Lipinski definition) is 1. The molecule has 0 saturated carbocycles. The molecule has 1 aliphatic rings. The lowest BCUT2D eigenvalue weighted by Crippen LogP contribution is -2.47. The van der Waals surface area contributed by atoms with Crippen LogP contribution in [0.5, 0.6) is 0 Å². The van der Waals surface area contributed by atoms with Crippen molar-refractivity contribution >= 4 is 0 Å². The molecule has 0 aliphatic carbocycles. The lowest BCUT2D eigenvalue weighted by Gasteiger charge is -2.39. The summed E-state index contributed by atoms with van der Waals surface area (Å²) in [6, 6.07) is 4.36. The van der Waals surface area contributed by atoms with Gasteiger partial charge in [0.2, 0.25) is 0 Å². The van der Waals surface area contributed by atoms with E-state index in [2.05, 4.69) is 24.8 Å². The van der Waals surface area contributed by atoms with Gasteiger partial charge in [-0.15, -0.1) is 0 Å². The van der Waals surface area contributed by atoms with Gasteiger partial charge in [-0.05, 0) is 51.3 Å². The van der Waals surface area contributed by atoms with E-state index in [0.29, 0.717) is 6.10 Å². The molecule has 4 heteroatoms. The van der Waals surface area contributed by atoms with Crippen molar-refractivity contribution in [2.45, 2.75) is 64.6 Å². The van der Waals surface area contributed by atoms with Crippen LogP contribution in [0.15, 0.2) is 16.5 Å². The third-order valence-electron chi connectivity index (χ3n) is 4.29. The van der Waals surface area contributed by atoms with Gasteiger partial charge in [-0.2, -0.15) is 0 Å². The summed E-state index contributed by atoms with van der Waals surface area (Å²) in [6.45, 7) is 9.16. The third-order valence-corrected chi connectivity index (χ3v) is 4.29. The minimum Gasteiger partial charge on any atom is -0.465 e. The first kappa shape index (κ1) is 16.5. The topological polar surface area (TPSA) is 51.6 Å². The maximum absolute atomic E-state index is 6.39. The predicted molar refractivity (Wildman–Crippen MR) is 85.3 cm³/mol. The van der Waals surface area contributed by atoms with Gasteiger partial charge in [-0.1, -0.05) is 13.8 Å². The van der Waals surface area contributed by atoms with E-state index in [1.54, 1.807) is 0 Å². The summed E-state index contributed by atoms with van der Waals surface area (Å²) in [5.74, 6) is 1.95. The fraction of sp³-hybridized carbons (Fsp3) is 0.765. The average Bonchev–Trinajstić information content (AvgIpc) is 2.91. The molecule has 0 radical (unpaired) electrons. The predicted octanol–water partition coefficient (Wildman–Crippen LogP) is 3.26. The monoisotopic (exact) mass is 294 g/mol. The van der Waals surface area contributed by atoms with Crippen LogP contribution in [0.3, 0.4) is 0 Å². The van der Waals surface area contributed by atoms with Crippen molar-refractivity contribution in [2.75, 3.05) is 19.7 Å². The van der Waals surface area contributed by atoms with E-state index in [0.717, 1.165) is 50.5 Å². The highest BCUT2D eigenvalue weighted by Crippen LogP contribution is 2.30. The van der Waals surface area contributed by atoms with Gasteiger partial charge in [0.15, 0.2) is 0 Å². The van der Waals surface area contributed by atoms with Gasteiger partial charge in [0, 0.05) is 19.2 Å².